The highest BCUT2D eigenvalue weighted by Gasteiger charge is 2.23. The standard InChI is InChI=1S/C20H30.C9H8O.C6H12O/c1-3-16-5-6-17(13-16)7-8-18-9-11-19-12-15(2)4-10-20(19)14-18;1-2-8-3-5-9(7-10)6-4-8;1-2-6-4-3-5-7-6/h9,11,14-17H,3-8,10,12-13H2,1-2H3;2-7H,1H2;6H,2-5H2,1H3/t15?,16-,17-;;6-/m0.1/s1. The van der Waals surface area contributed by atoms with E-state index in [9.17, 15) is 4.79 Å². The second-order valence-corrected chi connectivity index (χ2v) is 11.5. The van der Waals surface area contributed by atoms with Crippen molar-refractivity contribution in [3.8, 4) is 0 Å². The molecule has 37 heavy (non-hydrogen) atoms. The van der Waals surface area contributed by atoms with E-state index in [4.69, 9.17) is 4.74 Å². The molecule has 3 aliphatic rings. The Bertz CT molecular complexity index is 911. The van der Waals surface area contributed by atoms with Gasteiger partial charge in [0.1, 0.15) is 6.29 Å². The van der Waals surface area contributed by atoms with Crippen molar-refractivity contribution in [2.45, 2.75) is 104 Å². The average molecular weight is 503 g/mol. The van der Waals surface area contributed by atoms with Crippen LogP contribution in [-0.4, -0.2) is 19.0 Å². The minimum Gasteiger partial charge on any atom is -0.378 e. The third-order valence-corrected chi connectivity index (χ3v) is 8.60. The molecule has 0 bridgehead atoms. The Morgan fingerprint density at radius 1 is 0.919 bits per heavy atom. The number of aryl methyl sites for hydroxylation is 2. The maximum Gasteiger partial charge on any atom is 0.150 e. The Morgan fingerprint density at radius 2 is 1.68 bits per heavy atom. The molecule has 0 N–H and O–H groups in total. The fourth-order valence-electron chi connectivity index (χ4n) is 6.01. The van der Waals surface area contributed by atoms with E-state index in [1.54, 1.807) is 34.9 Å². The molecule has 1 saturated carbocycles. The van der Waals surface area contributed by atoms with E-state index in [1.807, 2.05) is 12.1 Å². The molecule has 2 aliphatic carbocycles. The lowest BCUT2D eigenvalue weighted by Gasteiger charge is -2.22. The third kappa shape index (κ3) is 9.89. The van der Waals surface area contributed by atoms with Crippen molar-refractivity contribution in [2.75, 3.05) is 6.61 Å². The number of carbonyl (C=O) groups excluding carboxylic acids is 1. The molecular formula is C35H50O2. The van der Waals surface area contributed by atoms with Crippen molar-refractivity contribution in [3.05, 3.63) is 76.9 Å². The summed E-state index contributed by atoms with van der Waals surface area (Å²) >= 11 is 0. The predicted molar refractivity (Wildman–Crippen MR) is 158 cm³/mol. The smallest absolute Gasteiger partial charge is 0.150 e. The van der Waals surface area contributed by atoms with Crippen molar-refractivity contribution in [2.24, 2.45) is 17.8 Å². The van der Waals surface area contributed by atoms with Crippen LogP contribution in [0.1, 0.15) is 111 Å². The Hall–Kier alpha value is -2.19. The quantitative estimate of drug-likeness (QED) is 0.353. The Labute approximate surface area is 226 Å². The summed E-state index contributed by atoms with van der Waals surface area (Å²) < 4.78 is 5.30. The molecule has 5 rings (SSSR count). The van der Waals surface area contributed by atoms with E-state index in [0.717, 1.165) is 36.2 Å². The van der Waals surface area contributed by atoms with Gasteiger partial charge >= 0.3 is 0 Å². The van der Waals surface area contributed by atoms with Crippen molar-refractivity contribution in [3.63, 3.8) is 0 Å². The van der Waals surface area contributed by atoms with Crippen LogP contribution in [0.5, 0.6) is 0 Å². The molecule has 1 saturated heterocycles. The highest BCUT2D eigenvalue weighted by Crippen LogP contribution is 2.36. The van der Waals surface area contributed by atoms with Gasteiger partial charge in [0.2, 0.25) is 0 Å². The first-order chi connectivity index (χ1) is 18.0. The summed E-state index contributed by atoms with van der Waals surface area (Å²) in [5, 5.41) is 0. The normalized spacial score (nSPS) is 24.2. The zero-order chi connectivity index (χ0) is 26.5. The Kier molecular flexibility index (Phi) is 12.6. The summed E-state index contributed by atoms with van der Waals surface area (Å²) in [6.45, 7) is 11.5. The molecule has 2 aromatic carbocycles. The number of hydrogen-bond acceptors (Lipinski definition) is 2. The zero-order valence-corrected chi connectivity index (χ0v) is 23.7. The molecule has 2 nitrogen and oxygen atoms in total. The summed E-state index contributed by atoms with van der Waals surface area (Å²) in [7, 11) is 0. The van der Waals surface area contributed by atoms with Crippen molar-refractivity contribution in [1.82, 2.24) is 0 Å². The van der Waals surface area contributed by atoms with E-state index >= 15 is 0 Å². The molecule has 2 fully saturated rings. The van der Waals surface area contributed by atoms with Gasteiger partial charge in [-0.2, -0.15) is 0 Å². The lowest BCUT2D eigenvalue weighted by atomic mass is 9.83. The van der Waals surface area contributed by atoms with E-state index in [2.05, 4.69) is 45.5 Å². The van der Waals surface area contributed by atoms with Crippen LogP contribution in [0.25, 0.3) is 6.08 Å². The van der Waals surface area contributed by atoms with Gasteiger partial charge in [-0.3, -0.25) is 4.79 Å². The minimum atomic E-state index is 0.597. The fourth-order valence-corrected chi connectivity index (χ4v) is 6.01. The third-order valence-electron chi connectivity index (χ3n) is 8.60. The monoisotopic (exact) mass is 502 g/mol. The summed E-state index contributed by atoms with van der Waals surface area (Å²) in [5.74, 6) is 2.93. The first kappa shape index (κ1) is 29.4. The van der Waals surface area contributed by atoms with Crippen LogP contribution in [-0.2, 0) is 24.0 Å². The SMILES string of the molecule is C=Cc1ccc(C=O)cc1.CC[C@@H]1CCCO1.CC[C@H]1CC[C@@H](CCc2ccc3c(c2)CCC(C)C3)C1. The molecule has 0 radical (unpaired) electrons. The second kappa shape index (κ2) is 15.9. The van der Waals surface area contributed by atoms with Gasteiger partial charge in [-0.1, -0.05) is 95.2 Å². The molecule has 0 amide bonds. The van der Waals surface area contributed by atoms with Crippen LogP contribution in [0.4, 0.5) is 0 Å². The molecule has 1 unspecified atom stereocenters. The average Bonchev–Trinajstić information content (AvgIpc) is 3.65. The van der Waals surface area contributed by atoms with E-state index < -0.39 is 0 Å². The van der Waals surface area contributed by atoms with Crippen LogP contribution in [0.15, 0.2) is 49.0 Å². The number of hydrogen-bond donors (Lipinski definition) is 0. The molecule has 0 spiro atoms. The molecule has 1 aliphatic heterocycles. The maximum absolute atomic E-state index is 10.2. The number of ether oxygens (including phenoxy) is 1. The molecule has 4 atom stereocenters. The second-order valence-electron chi connectivity index (χ2n) is 11.5. The highest BCUT2D eigenvalue weighted by molar-refractivity contribution is 5.75. The number of rotatable bonds is 7. The summed E-state index contributed by atoms with van der Waals surface area (Å²) in [5.41, 5.74) is 6.60. The van der Waals surface area contributed by atoms with Crippen LogP contribution in [0.3, 0.4) is 0 Å². The van der Waals surface area contributed by atoms with Crippen LogP contribution < -0.4 is 0 Å². The van der Waals surface area contributed by atoms with Gasteiger partial charge in [-0.25, -0.2) is 0 Å². The molecule has 2 heteroatoms. The zero-order valence-electron chi connectivity index (χ0n) is 23.7. The van der Waals surface area contributed by atoms with Crippen LogP contribution in [0, 0.1) is 17.8 Å². The summed E-state index contributed by atoms with van der Waals surface area (Å²) in [6.07, 6.45) is 19.5. The molecule has 0 aromatic heterocycles. The van der Waals surface area contributed by atoms with Crippen LogP contribution >= 0.6 is 0 Å². The number of fused-ring (bicyclic) bond motifs is 1. The number of benzene rings is 2. The Morgan fingerprint density at radius 3 is 2.27 bits per heavy atom. The molecule has 202 valence electrons. The van der Waals surface area contributed by atoms with Gasteiger partial charge in [0, 0.05) is 12.2 Å². The topological polar surface area (TPSA) is 26.3 Å². The largest absolute Gasteiger partial charge is 0.378 e. The predicted octanol–water partition coefficient (Wildman–Crippen LogP) is 9.29. The van der Waals surface area contributed by atoms with Gasteiger partial charge in [0.25, 0.3) is 0 Å². The lowest BCUT2D eigenvalue weighted by Crippen LogP contribution is -2.11. The van der Waals surface area contributed by atoms with E-state index in [1.165, 1.54) is 77.0 Å². The van der Waals surface area contributed by atoms with Crippen LogP contribution in [0.2, 0.25) is 0 Å². The van der Waals surface area contributed by atoms with E-state index in [0.29, 0.717) is 11.7 Å². The molecular weight excluding hydrogens is 452 g/mol. The van der Waals surface area contributed by atoms with Gasteiger partial charge in [-0.15, -0.1) is 0 Å². The first-order valence-electron chi connectivity index (χ1n) is 14.9. The summed E-state index contributed by atoms with van der Waals surface area (Å²) in [4.78, 5) is 10.2. The van der Waals surface area contributed by atoms with Gasteiger partial charge in [0.15, 0.2) is 0 Å². The highest BCUT2D eigenvalue weighted by atomic mass is 16.5. The van der Waals surface area contributed by atoms with Gasteiger partial charge in [0.05, 0.1) is 6.10 Å². The van der Waals surface area contributed by atoms with Gasteiger partial charge < -0.3 is 4.74 Å². The molecule has 1 heterocycles. The van der Waals surface area contributed by atoms with Gasteiger partial charge in [-0.05, 0) is 97.8 Å². The van der Waals surface area contributed by atoms with E-state index in [-0.39, 0.29) is 0 Å². The number of carbonyl (C=O) groups is 1. The van der Waals surface area contributed by atoms with Crippen molar-refractivity contribution < 1.29 is 9.53 Å². The lowest BCUT2D eigenvalue weighted by molar-refractivity contribution is 0.108. The minimum absolute atomic E-state index is 0.597. The maximum atomic E-state index is 10.2. The fraction of sp³-hybridized carbons (Fsp3) is 0.571. The molecule has 2 aromatic rings. The van der Waals surface area contributed by atoms with Crippen molar-refractivity contribution >= 4 is 12.4 Å². The number of aldehydes is 1. The van der Waals surface area contributed by atoms with Crippen molar-refractivity contribution in [1.29, 1.82) is 0 Å². The first-order valence-corrected chi connectivity index (χ1v) is 14.9. The Balaban J connectivity index is 0.000000185. The summed E-state index contributed by atoms with van der Waals surface area (Å²) in [6, 6.07) is 14.6.